The lowest BCUT2D eigenvalue weighted by Crippen LogP contribution is -2.14. The highest BCUT2D eigenvalue weighted by atomic mass is 19.2. The maximum absolute atomic E-state index is 13.5. The highest BCUT2D eigenvalue weighted by Gasteiger charge is 2.17. The second kappa shape index (κ2) is 4.73. The number of hydrogen-bond acceptors (Lipinski definition) is 3. The van der Waals surface area contributed by atoms with Gasteiger partial charge in [-0.3, -0.25) is 4.79 Å². The number of hydrogen-bond donors (Lipinski definition) is 1. The Morgan fingerprint density at radius 1 is 1.10 bits per heavy atom. The van der Waals surface area contributed by atoms with Crippen LogP contribution in [-0.4, -0.2) is 11.1 Å². The van der Waals surface area contributed by atoms with Crippen molar-refractivity contribution < 1.29 is 18.1 Å². The minimum Gasteiger partial charge on any atom is -0.354 e. The lowest BCUT2D eigenvalue weighted by molar-refractivity contribution is 0.102. The zero-order valence-electron chi connectivity index (χ0n) is 10.1. The van der Waals surface area contributed by atoms with Crippen LogP contribution in [0.2, 0.25) is 0 Å². The topological polar surface area (TPSA) is 55.1 Å². The molecule has 0 aliphatic rings. The van der Waals surface area contributed by atoms with Crippen LogP contribution < -0.4 is 5.32 Å². The lowest BCUT2D eigenvalue weighted by atomic mass is 10.2. The summed E-state index contributed by atoms with van der Waals surface area (Å²) in [5.41, 5.74) is 0.0968. The van der Waals surface area contributed by atoms with E-state index in [2.05, 4.69) is 10.5 Å². The molecule has 0 saturated carbocycles. The average molecular weight is 274 g/mol. The van der Waals surface area contributed by atoms with Crippen molar-refractivity contribution in [2.24, 2.45) is 0 Å². The minimum atomic E-state index is -1.20. The van der Waals surface area contributed by atoms with Crippen molar-refractivity contribution in [1.82, 2.24) is 5.16 Å². The molecular formula is C14H8F2N2O2. The summed E-state index contributed by atoms with van der Waals surface area (Å²) in [4.78, 5) is 11.9. The molecule has 0 unspecified atom stereocenters. The van der Waals surface area contributed by atoms with E-state index < -0.39 is 23.1 Å². The fourth-order valence-corrected chi connectivity index (χ4v) is 1.83. The number of aromatic nitrogens is 1. The van der Waals surface area contributed by atoms with E-state index in [0.29, 0.717) is 11.0 Å². The summed E-state index contributed by atoms with van der Waals surface area (Å²) in [6, 6.07) is 10.3. The molecule has 1 amide bonds. The molecule has 0 aliphatic heterocycles. The van der Waals surface area contributed by atoms with E-state index in [-0.39, 0.29) is 5.82 Å². The van der Waals surface area contributed by atoms with Crippen molar-refractivity contribution in [3.8, 4) is 0 Å². The Labute approximate surface area is 112 Å². The first-order valence-corrected chi connectivity index (χ1v) is 5.76. The maximum Gasteiger partial charge on any atom is 0.260 e. The first-order chi connectivity index (χ1) is 9.66. The van der Waals surface area contributed by atoms with Crippen LogP contribution in [0.1, 0.15) is 10.4 Å². The number of carbonyl (C=O) groups is 1. The number of anilines is 1. The zero-order valence-corrected chi connectivity index (χ0v) is 10.1. The highest BCUT2D eigenvalue weighted by molar-refractivity contribution is 6.07. The Balaban J connectivity index is 1.95. The Kier molecular flexibility index (Phi) is 2.90. The van der Waals surface area contributed by atoms with Gasteiger partial charge in [-0.05, 0) is 24.3 Å². The molecule has 1 N–H and O–H groups in total. The number of halogens is 2. The van der Waals surface area contributed by atoms with Crippen molar-refractivity contribution in [3.05, 3.63) is 59.7 Å². The van der Waals surface area contributed by atoms with Gasteiger partial charge in [0.1, 0.15) is 0 Å². The van der Waals surface area contributed by atoms with Crippen molar-refractivity contribution in [1.29, 1.82) is 0 Å². The first-order valence-electron chi connectivity index (χ1n) is 5.76. The van der Waals surface area contributed by atoms with Crippen LogP contribution in [0.25, 0.3) is 11.0 Å². The van der Waals surface area contributed by atoms with Gasteiger partial charge >= 0.3 is 0 Å². The molecule has 6 heteroatoms. The number of para-hydroxylation sites is 1. The molecule has 0 aliphatic carbocycles. The molecule has 0 spiro atoms. The summed E-state index contributed by atoms with van der Waals surface area (Å²) in [6.07, 6.45) is 0. The van der Waals surface area contributed by atoms with E-state index >= 15 is 0 Å². The fourth-order valence-electron chi connectivity index (χ4n) is 1.83. The third-order valence-electron chi connectivity index (χ3n) is 2.81. The van der Waals surface area contributed by atoms with E-state index in [9.17, 15) is 13.6 Å². The smallest absolute Gasteiger partial charge is 0.260 e. The molecule has 20 heavy (non-hydrogen) atoms. The molecule has 3 aromatic rings. The summed E-state index contributed by atoms with van der Waals surface area (Å²) in [6.45, 7) is 0. The molecule has 0 atom stereocenters. The quantitative estimate of drug-likeness (QED) is 0.779. The first kappa shape index (κ1) is 12.3. The molecule has 0 bridgehead atoms. The number of rotatable bonds is 2. The van der Waals surface area contributed by atoms with E-state index in [1.165, 1.54) is 12.1 Å². The molecule has 1 aromatic heterocycles. The molecule has 2 aromatic carbocycles. The van der Waals surface area contributed by atoms with Gasteiger partial charge in [0, 0.05) is 0 Å². The van der Waals surface area contributed by atoms with Crippen molar-refractivity contribution >= 4 is 22.7 Å². The van der Waals surface area contributed by atoms with Gasteiger partial charge < -0.3 is 9.84 Å². The van der Waals surface area contributed by atoms with Gasteiger partial charge in [-0.25, -0.2) is 8.78 Å². The molecule has 0 saturated heterocycles. The monoisotopic (exact) mass is 274 g/mol. The molecule has 4 nitrogen and oxygen atoms in total. The third-order valence-corrected chi connectivity index (χ3v) is 2.81. The third kappa shape index (κ3) is 2.01. The van der Waals surface area contributed by atoms with Crippen molar-refractivity contribution in [3.63, 3.8) is 0 Å². The van der Waals surface area contributed by atoms with Crippen LogP contribution in [0, 0.1) is 11.6 Å². The van der Waals surface area contributed by atoms with E-state index in [1.807, 2.05) is 0 Å². The van der Waals surface area contributed by atoms with Gasteiger partial charge in [0.15, 0.2) is 23.0 Å². The summed E-state index contributed by atoms with van der Waals surface area (Å²) in [5.74, 6) is -2.91. The van der Waals surface area contributed by atoms with Gasteiger partial charge in [-0.15, -0.1) is 0 Å². The Bertz CT molecular complexity index is 799. The van der Waals surface area contributed by atoms with Crippen LogP contribution in [-0.2, 0) is 0 Å². The van der Waals surface area contributed by atoms with Crippen LogP contribution in [0.5, 0.6) is 0 Å². The van der Waals surface area contributed by atoms with Crippen LogP contribution >= 0.6 is 0 Å². The fraction of sp³-hybridized carbons (Fsp3) is 0. The summed E-state index contributed by atoms with van der Waals surface area (Å²) >= 11 is 0. The maximum atomic E-state index is 13.5. The van der Waals surface area contributed by atoms with Gasteiger partial charge in [0.05, 0.1) is 10.9 Å². The predicted octanol–water partition coefficient (Wildman–Crippen LogP) is 3.36. The number of nitrogens with zero attached hydrogens (tertiary/aromatic N) is 1. The summed E-state index contributed by atoms with van der Waals surface area (Å²) in [5, 5.41) is 6.67. The summed E-state index contributed by atoms with van der Waals surface area (Å²) < 4.78 is 31.6. The average Bonchev–Trinajstić information content (AvgIpc) is 2.85. The minimum absolute atomic E-state index is 0.161. The van der Waals surface area contributed by atoms with Crippen LogP contribution in [0.15, 0.2) is 47.0 Å². The predicted molar refractivity (Wildman–Crippen MR) is 68.3 cm³/mol. The van der Waals surface area contributed by atoms with Gasteiger partial charge in [0.25, 0.3) is 5.91 Å². The molecule has 0 fully saturated rings. The number of amides is 1. The second-order valence-electron chi connectivity index (χ2n) is 4.08. The SMILES string of the molecule is O=C(Nc1noc2ccccc12)c1cccc(F)c1F. The van der Waals surface area contributed by atoms with Crippen molar-refractivity contribution in [2.45, 2.75) is 0 Å². The van der Waals surface area contributed by atoms with E-state index in [1.54, 1.807) is 24.3 Å². The van der Waals surface area contributed by atoms with Crippen LogP contribution in [0.4, 0.5) is 14.6 Å². The molecule has 0 radical (unpaired) electrons. The zero-order chi connectivity index (χ0) is 14.1. The Morgan fingerprint density at radius 3 is 2.75 bits per heavy atom. The van der Waals surface area contributed by atoms with E-state index in [4.69, 9.17) is 4.52 Å². The lowest BCUT2D eigenvalue weighted by Gasteiger charge is -2.03. The van der Waals surface area contributed by atoms with E-state index in [0.717, 1.165) is 6.07 Å². The largest absolute Gasteiger partial charge is 0.354 e. The molecule has 3 rings (SSSR count). The Hall–Kier alpha value is -2.76. The highest BCUT2D eigenvalue weighted by Crippen LogP contribution is 2.23. The van der Waals surface area contributed by atoms with Gasteiger partial charge in [-0.1, -0.05) is 23.4 Å². The number of fused-ring (bicyclic) bond motifs is 1. The van der Waals surface area contributed by atoms with Crippen LogP contribution in [0.3, 0.4) is 0 Å². The Morgan fingerprint density at radius 2 is 1.90 bits per heavy atom. The molecular weight excluding hydrogens is 266 g/mol. The number of carbonyl (C=O) groups excluding carboxylic acids is 1. The molecule has 1 heterocycles. The molecule has 100 valence electrons. The summed E-state index contributed by atoms with van der Waals surface area (Å²) in [7, 11) is 0. The number of benzene rings is 2. The van der Waals surface area contributed by atoms with Gasteiger partial charge in [0.2, 0.25) is 0 Å². The normalized spacial score (nSPS) is 10.7. The van der Waals surface area contributed by atoms with Gasteiger partial charge in [-0.2, -0.15) is 0 Å². The van der Waals surface area contributed by atoms with Crippen molar-refractivity contribution in [2.75, 3.05) is 5.32 Å². The number of nitrogens with one attached hydrogen (secondary N) is 1. The standard InChI is InChI=1S/C14H8F2N2O2/c15-10-6-3-5-9(12(10)16)14(19)17-13-8-4-1-2-7-11(8)20-18-13/h1-7H,(H,17,18,19). The second-order valence-corrected chi connectivity index (χ2v) is 4.08.